The molecule has 1 aliphatic carbocycles. The highest BCUT2D eigenvalue weighted by Crippen LogP contribution is 2.29. The molecule has 0 heterocycles. The van der Waals surface area contributed by atoms with Gasteiger partial charge in [-0.1, -0.05) is 18.4 Å². The van der Waals surface area contributed by atoms with Crippen molar-refractivity contribution in [2.24, 2.45) is 17.5 Å². The molecular formula is C27H35N3O3. The Labute approximate surface area is 198 Å². The van der Waals surface area contributed by atoms with Gasteiger partial charge < -0.3 is 15.2 Å². The molecule has 0 saturated heterocycles. The first kappa shape index (κ1) is 27.6. The highest BCUT2D eigenvalue weighted by atomic mass is 16.5. The van der Waals surface area contributed by atoms with E-state index in [0.717, 1.165) is 36.3 Å². The van der Waals surface area contributed by atoms with Crippen LogP contribution in [0.4, 0.5) is 0 Å². The van der Waals surface area contributed by atoms with E-state index in [0.29, 0.717) is 37.4 Å². The van der Waals surface area contributed by atoms with Crippen LogP contribution in [0.25, 0.3) is 5.70 Å². The van der Waals surface area contributed by atoms with Crippen LogP contribution in [0.2, 0.25) is 0 Å². The first-order valence-electron chi connectivity index (χ1n) is 10.9. The molecule has 0 atom stereocenters. The molecule has 176 valence electrons. The Bertz CT molecular complexity index is 901. The Balaban J connectivity index is 0.00000265. The van der Waals surface area contributed by atoms with Crippen molar-refractivity contribution >= 4 is 11.5 Å². The van der Waals surface area contributed by atoms with Gasteiger partial charge in [-0.25, -0.2) is 5.84 Å². The summed E-state index contributed by atoms with van der Waals surface area (Å²) >= 11 is 0. The number of hydrogen-bond acceptors (Lipinski definition) is 6. The van der Waals surface area contributed by atoms with E-state index in [1.54, 1.807) is 7.11 Å². The molecule has 6 heteroatoms. The fraction of sp³-hybridized carbons (Fsp3) is 0.370. The number of hydrazine groups is 1. The molecule has 6 nitrogen and oxygen atoms in total. The predicted molar refractivity (Wildman–Crippen MR) is 134 cm³/mol. The van der Waals surface area contributed by atoms with Crippen molar-refractivity contribution in [1.82, 2.24) is 5.01 Å². The Hall–Kier alpha value is -3.45. The van der Waals surface area contributed by atoms with E-state index in [9.17, 15) is 4.79 Å². The minimum Gasteiger partial charge on any atom is -0.502 e. The number of Topliss-reactive ketones (excluding diaryl/α,β-unsaturated/α-hetero) is 1. The van der Waals surface area contributed by atoms with Gasteiger partial charge in [0.2, 0.25) is 0 Å². The van der Waals surface area contributed by atoms with Crippen LogP contribution in [0, 0.1) is 31.1 Å². The first-order chi connectivity index (χ1) is 16.0. The molecule has 0 spiro atoms. The fourth-order valence-corrected chi connectivity index (χ4v) is 3.12. The van der Waals surface area contributed by atoms with Crippen LogP contribution in [0.5, 0.6) is 5.75 Å². The summed E-state index contributed by atoms with van der Waals surface area (Å²) in [5, 5.41) is 1.46. The molecule has 0 radical (unpaired) electrons. The number of nitrogens with zero attached hydrogens (tertiary/aromatic N) is 1. The predicted octanol–water partition coefficient (Wildman–Crippen LogP) is 4.01. The average molecular weight is 450 g/mol. The molecule has 33 heavy (non-hydrogen) atoms. The lowest BCUT2D eigenvalue weighted by Crippen LogP contribution is -2.29. The van der Waals surface area contributed by atoms with Crippen LogP contribution in [0.15, 0.2) is 53.9 Å². The van der Waals surface area contributed by atoms with Crippen LogP contribution in [0.1, 0.15) is 44.6 Å². The number of rotatable bonds is 12. The van der Waals surface area contributed by atoms with Gasteiger partial charge in [-0.2, -0.15) is 0 Å². The summed E-state index contributed by atoms with van der Waals surface area (Å²) in [6.07, 6.45) is 23.3. The summed E-state index contributed by atoms with van der Waals surface area (Å²) in [5.41, 5.74) is 7.52. The van der Waals surface area contributed by atoms with Gasteiger partial charge in [-0.05, 0) is 68.2 Å². The summed E-state index contributed by atoms with van der Waals surface area (Å²) in [5.74, 6) is 11.0. The number of nitrogens with two attached hydrogens (primary N) is 2. The zero-order chi connectivity index (χ0) is 24.6. The average Bonchev–Trinajstić information content (AvgIpc) is 2.81. The Morgan fingerprint density at radius 1 is 1.21 bits per heavy atom. The topological polar surface area (TPSA) is 90.8 Å². The lowest BCUT2D eigenvalue weighted by Gasteiger charge is -2.25. The third-order valence-corrected chi connectivity index (χ3v) is 5.30. The van der Waals surface area contributed by atoms with E-state index in [1.165, 1.54) is 5.01 Å². The van der Waals surface area contributed by atoms with Gasteiger partial charge in [0, 0.05) is 18.9 Å². The highest BCUT2D eigenvalue weighted by Gasteiger charge is 2.24. The molecule has 4 N–H and O–H groups in total. The number of ketones is 1. The van der Waals surface area contributed by atoms with Gasteiger partial charge in [0.15, 0.2) is 0 Å². The Morgan fingerprint density at radius 2 is 1.88 bits per heavy atom. The van der Waals surface area contributed by atoms with E-state index in [1.807, 2.05) is 49.4 Å². The lowest BCUT2D eigenvalue weighted by atomic mass is 9.81. The number of benzene rings is 1. The van der Waals surface area contributed by atoms with E-state index < -0.39 is 0 Å². The number of carbonyl (C=O) groups is 1. The summed E-state index contributed by atoms with van der Waals surface area (Å²) in [6, 6.07) is 7.50. The quantitative estimate of drug-likeness (QED) is 0.217. The molecule has 1 saturated carbocycles. The van der Waals surface area contributed by atoms with Gasteiger partial charge in [-0.3, -0.25) is 9.80 Å². The normalized spacial score (nSPS) is 14.3. The highest BCUT2D eigenvalue weighted by molar-refractivity contribution is 5.84. The molecule has 1 aromatic rings. The molecule has 2 rings (SSSR count). The third-order valence-electron chi connectivity index (χ3n) is 5.30. The van der Waals surface area contributed by atoms with Crippen LogP contribution in [-0.2, 0) is 9.53 Å². The van der Waals surface area contributed by atoms with E-state index in [4.69, 9.17) is 27.5 Å². The molecule has 1 fully saturated rings. The van der Waals surface area contributed by atoms with Crippen LogP contribution >= 0.6 is 0 Å². The molecule has 1 aromatic carbocycles. The van der Waals surface area contributed by atoms with Crippen molar-refractivity contribution in [2.75, 3.05) is 20.3 Å². The lowest BCUT2D eigenvalue weighted by molar-refractivity contribution is -0.124. The minimum absolute atomic E-state index is 0.167. The molecule has 0 amide bonds. The van der Waals surface area contributed by atoms with Crippen molar-refractivity contribution in [3.05, 3.63) is 59.5 Å². The summed E-state index contributed by atoms with van der Waals surface area (Å²) < 4.78 is 10.7. The molecular weight excluding hydrogens is 414 g/mol. The van der Waals surface area contributed by atoms with Gasteiger partial charge in [0.05, 0.1) is 18.6 Å². The number of terminal acetylenes is 2. The second-order valence-electron chi connectivity index (χ2n) is 7.41. The Morgan fingerprint density at radius 3 is 2.39 bits per heavy atom. The standard InChI is InChI=1S/C25H33N3O3.C2H2/c1-4-22(10-5-7-19(2)30-3)28(27)24(15-16-25(29)21-8-6-9-21)20-11-13-23(14-12-20)31-18-17-26;1-2/h1,7,10-15,21H,5-6,8-9,16-18,26-27H2,2-3H3;1-2H/b19-7+,22-10+,24-15-;. The number of carbonyl (C=O) groups excluding carboxylic acids is 1. The van der Waals surface area contributed by atoms with Crippen LogP contribution < -0.4 is 16.3 Å². The SMILES string of the molecule is C#C.C#C/C(=C\C/C=C(\C)OC)N(N)/C(=C\CC(=O)C1CCC1)c1ccc(OCCN)cc1. The molecule has 0 aliphatic heterocycles. The second-order valence-corrected chi connectivity index (χ2v) is 7.41. The zero-order valence-electron chi connectivity index (χ0n) is 19.6. The zero-order valence-corrected chi connectivity index (χ0v) is 19.6. The van der Waals surface area contributed by atoms with Crippen molar-refractivity contribution < 1.29 is 14.3 Å². The van der Waals surface area contributed by atoms with Crippen molar-refractivity contribution in [3.8, 4) is 30.9 Å². The number of hydrogen-bond donors (Lipinski definition) is 2. The molecule has 0 aromatic heterocycles. The summed E-state index contributed by atoms with van der Waals surface area (Å²) in [7, 11) is 1.62. The summed E-state index contributed by atoms with van der Waals surface area (Å²) in [4.78, 5) is 12.5. The molecule has 1 aliphatic rings. The van der Waals surface area contributed by atoms with Crippen LogP contribution in [0.3, 0.4) is 0 Å². The van der Waals surface area contributed by atoms with Gasteiger partial charge in [0.25, 0.3) is 0 Å². The maximum absolute atomic E-state index is 12.5. The van der Waals surface area contributed by atoms with Crippen molar-refractivity contribution in [3.63, 3.8) is 0 Å². The second kappa shape index (κ2) is 15.4. The maximum atomic E-state index is 12.5. The number of ether oxygens (including phenoxy) is 2. The van der Waals surface area contributed by atoms with Gasteiger partial charge >= 0.3 is 0 Å². The van der Waals surface area contributed by atoms with Gasteiger partial charge in [-0.15, -0.1) is 19.3 Å². The summed E-state index contributed by atoms with van der Waals surface area (Å²) in [6.45, 7) is 2.76. The number of methoxy groups -OCH3 is 1. The molecule has 0 bridgehead atoms. The largest absolute Gasteiger partial charge is 0.502 e. The van der Waals surface area contributed by atoms with E-state index in [-0.39, 0.29) is 11.7 Å². The first-order valence-corrected chi connectivity index (χ1v) is 10.9. The smallest absolute Gasteiger partial charge is 0.139 e. The van der Waals surface area contributed by atoms with Crippen molar-refractivity contribution in [2.45, 2.75) is 39.0 Å². The fourth-order valence-electron chi connectivity index (χ4n) is 3.12. The molecule has 0 unspecified atom stereocenters. The van der Waals surface area contributed by atoms with E-state index in [2.05, 4.69) is 18.8 Å². The Kier molecular flexibility index (Phi) is 12.8. The van der Waals surface area contributed by atoms with Crippen molar-refractivity contribution in [1.29, 1.82) is 0 Å². The third kappa shape index (κ3) is 8.90. The van der Waals surface area contributed by atoms with Crippen LogP contribution in [-0.4, -0.2) is 31.1 Å². The minimum atomic E-state index is 0.167. The van der Waals surface area contributed by atoms with E-state index >= 15 is 0 Å². The maximum Gasteiger partial charge on any atom is 0.139 e. The van der Waals surface area contributed by atoms with Gasteiger partial charge in [0.1, 0.15) is 23.8 Å². The number of allylic oxidation sites excluding steroid dienone is 5. The monoisotopic (exact) mass is 449 g/mol.